The maximum Gasteiger partial charge on any atom is 0.153 e. The highest BCUT2D eigenvalue weighted by molar-refractivity contribution is 7.92. The quantitative estimate of drug-likeness (QED) is 0.622. The van der Waals surface area contributed by atoms with Gasteiger partial charge in [-0.05, 0) is 26.7 Å². The van der Waals surface area contributed by atoms with Crippen LogP contribution in [0.3, 0.4) is 0 Å². The number of rotatable bonds is 1. The van der Waals surface area contributed by atoms with Crippen LogP contribution in [0.1, 0.15) is 26.7 Å². The molecule has 12 heavy (non-hydrogen) atoms. The summed E-state index contributed by atoms with van der Waals surface area (Å²) >= 11 is 0. The van der Waals surface area contributed by atoms with Crippen LogP contribution in [0.5, 0.6) is 0 Å². The van der Waals surface area contributed by atoms with Gasteiger partial charge in [-0.25, -0.2) is 8.42 Å². The largest absolute Gasteiger partial charge is 0.378 e. The molecule has 2 atom stereocenters. The van der Waals surface area contributed by atoms with Crippen molar-refractivity contribution in [3.63, 3.8) is 0 Å². The molecule has 1 rings (SSSR count). The molecule has 1 heterocycles. The van der Waals surface area contributed by atoms with Crippen LogP contribution in [-0.2, 0) is 14.6 Å². The van der Waals surface area contributed by atoms with E-state index in [1.807, 2.05) is 6.92 Å². The van der Waals surface area contributed by atoms with Gasteiger partial charge in [0.1, 0.15) is 0 Å². The van der Waals surface area contributed by atoms with Crippen molar-refractivity contribution in [2.24, 2.45) is 0 Å². The first kappa shape index (κ1) is 9.99. The van der Waals surface area contributed by atoms with E-state index in [9.17, 15) is 8.42 Å². The molecule has 0 aromatic rings. The summed E-state index contributed by atoms with van der Waals surface area (Å²) in [5.74, 6) is 0. The lowest BCUT2D eigenvalue weighted by Gasteiger charge is -2.35. The zero-order valence-electron chi connectivity index (χ0n) is 7.83. The topological polar surface area (TPSA) is 43.4 Å². The molecule has 0 radical (unpaired) electrons. The number of hydrogen-bond acceptors (Lipinski definition) is 3. The fourth-order valence-electron chi connectivity index (χ4n) is 1.58. The van der Waals surface area contributed by atoms with Gasteiger partial charge in [0.2, 0.25) is 0 Å². The zero-order chi connectivity index (χ0) is 9.41. The Morgan fingerprint density at radius 3 is 2.42 bits per heavy atom. The zero-order valence-corrected chi connectivity index (χ0v) is 8.65. The van der Waals surface area contributed by atoms with Crippen LogP contribution in [0.25, 0.3) is 0 Å². The van der Waals surface area contributed by atoms with E-state index in [0.29, 0.717) is 19.4 Å². The van der Waals surface area contributed by atoms with Gasteiger partial charge in [0.15, 0.2) is 9.84 Å². The predicted molar refractivity (Wildman–Crippen MR) is 47.9 cm³/mol. The number of sulfone groups is 1. The van der Waals surface area contributed by atoms with Crippen LogP contribution >= 0.6 is 0 Å². The van der Waals surface area contributed by atoms with Gasteiger partial charge in [0.25, 0.3) is 0 Å². The van der Waals surface area contributed by atoms with Crippen LogP contribution < -0.4 is 0 Å². The Balaban J connectivity index is 2.84. The normalized spacial score (nSPS) is 38.1. The maximum absolute atomic E-state index is 11.4. The lowest BCUT2D eigenvalue weighted by Crippen LogP contribution is -2.43. The third kappa shape index (κ3) is 1.80. The van der Waals surface area contributed by atoms with E-state index >= 15 is 0 Å². The lowest BCUT2D eigenvalue weighted by atomic mass is 9.97. The van der Waals surface area contributed by atoms with Crippen LogP contribution in [0.4, 0.5) is 0 Å². The highest BCUT2D eigenvalue weighted by Crippen LogP contribution is 2.31. The Kier molecular flexibility index (Phi) is 2.50. The third-order valence-corrected chi connectivity index (χ3v) is 4.81. The summed E-state index contributed by atoms with van der Waals surface area (Å²) in [5.41, 5.74) is 0. The van der Waals surface area contributed by atoms with Crippen molar-refractivity contribution in [1.82, 2.24) is 0 Å². The summed E-state index contributed by atoms with van der Waals surface area (Å²) in [4.78, 5) is 0. The summed E-state index contributed by atoms with van der Waals surface area (Å²) in [5, 5.41) is 0. The van der Waals surface area contributed by atoms with E-state index in [1.54, 1.807) is 6.92 Å². The second-order valence-electron chi connectivity index (χ2n) is 3.86. The van der Waals surface area contributed by atoms with E-state index in [0.717, 1.165) is 0 Å². The molecule has 3 nitrogen and oxygen atoms in total. The van der Waals surface area contributed by atoms with Crippen molar-refractivity contribution in [2.75, 3.05) is 12.9 Å². The molecule has 1 saturated heterocycles. The first-order valence-corrected chi connectivity index (χ1v) is 6.05. The van der Waals surface area contributed by atoms with E-state index in [1.165, 1.54) is 6.26 Å². The first-order chi connectivity index (χ1) is 5.35. The molecule has 0 amide bonds. The smallest absolute Gasteiger partial charge is 0.153 e. The SMILES string of the molecule is CC1CC(C)(S(C)(=O)=O)CCO1. The Hall–Kier alpha value is -0.0900. The van der Waals surface area contributed by atoms with Gasteiger partial charge < -0.3 is 4.74 Å². The molecule has 0 aromatic heterocycles. The molecule has 2 unspecified atom stereocenters. The predicted octanol–water partition coefficient (Wildman–Crippen LogP) is 0.989. The van der Waals surface area contributed by atoms with Gasteiger partial charge in [-0.15, -0.1) is 0 Å². The molecule has 0 spiro atoms. The number of hydrogen-bond donors (Lipinski definition) is 0. The first-order valence-electron chi connectivity index (χ1n) is 4.16. The minimum absolute atomic E-state index is 0.0680. The van der Waals surface area contributed by atoms with Crippen molar-refractivity contribution < 1.29 is 13.2 Å². The Labute approximate surface area is 74.0 Å². The van der Waals surface area contributed by atoms with Gasteiger partial charge in [0, 0.05) is 12.9 Å². The molecular formula is C8H16O3S. The molecule has 4 heteroatoms. The molecule has 0 saturated carbocycles. The molecule has 0 N–H and O–H groups in total. The van der Waals surface area contributed by atoms with Crippen molar-refractivity contribution in [3.8, 4) is 0 Å². The highest BCUT2D eigenvalue weighted by Gasteiger charge is 2.39. The summed E-state index contributed by atoms with van der Waals surface area (Å²) in [6.07, 6.45) is 2.62. The minimum Gasteiger partial charge on any atom is -0.378 e. The Morgan fingerprint density at radius 2 is 2.08 bits per heavy atom. The summed E-state index contributed by atoms with van der Waals surface area (Å²) in [7, 11) is -2.94. The van der Waals surface area contributed by atoms with Crippen LogP contribution in [0.15, 0.2) is 0 Å². The average Bonchev–Trinajstić information content (AvgIpc) is 1.83. The van der Waals surface area contributed by atoms with Crippen LogP contribution in [0, 0.1) is 0 Å². The molecule has 72 valence electrons. The second-order valence-corrected chi connectivity index (χ2v) is 6.39. The van der Waals surface area contributed by atoms with Gasteiger partial charge >= 0.3 is 0 Å². The monoisotopic (exact) mass is 192 g/mol. The Morgan fingerprint density at radius 1 is 1.50 bits per heavy atom. The van der Waals surface area contributed by atoms with Gasteiger partial charge in [-0.3, -0.25) is 0 Å². The lowest BCUT2D eigenvalue weighted by molar-refractivity contribution is 0.0136. The Bertz CT molecular complexity index is 257. The molecule has 0 bridgehead atoms. The maximum atomic E-state index is 11.4. The van der Waals surface area contributed by atoms with Crippen LogP contribution in [0.2, 0.25) is 0 Å². The molecular weight excluding hydrogens is 176 g/mol. The summed E-state index contributed by atoms with van der Waals surface area (Å²) < 4.78 is 27.5. The second kappa shape index (κ2) is 3.00. The third-order valence-electron chi connectivity index (χ3n) is 2.65. The molecule has 0 aliphatic carbocycles. The minimum atomic E-state index is -2.94. The highest BCUT2D eigenvalue weighted by atomic mass is 32.2. The van der Waals surface area contributed by atoms with Gasteiger partial charge in [-0.2, -0.15) is 0 Å². The fraction of sp³-hybridized carbons (Fsp3) is 1.00. The fourth-order valence-corrected chi connectivity index (χ4v) is 2.57. The molecule has 0 aromatic carbocycles. The molecule has 1 aliphatic rings. The van der Waals surface area contributed by atoms with E-state index < -0.39 is 14.6 Å². The summed E-state index contributed by atoms with van der Waals surface area (Å²) in [6, 6.07) is 0. The van der Waals surface area contributed by atoms with Gasteiger partial charge in [0.05, 0.1) is 10.9 Å². The van der Waals surface area contributed by atoms with Crippen molar-refractivity contribution in [3.05, 3.63) is 0 Å². The van der Waals surface area contributed by atoms with E-state index in [4.69, 9.17) is 4.74 Å². The van der Waals surface area contributed by atoms with E-state index in [2.05, 4.69) is 0 Å². The molecule has 1 aliphatic heterocycles. The van der Waals surface area contributed by atoms with Crippen molar-refractivity contribution in [1.29, 1.82) is 0 Å². The van der Waals surface area contributed by atoms with Crippen molar-refractivity contribution in [2.45, 2.75) is 37.5 Å². The summed E-state index contributed by atoms with van der Waals surface area (Å²) in [6.45, 7) is 4.29. The standard InChI is InChI=1S/C8H16O3S/c1-7-6-8(2,4-5-11-7)12(3,9)10/h7H,4-6H2,1-3H3. The number of ether oxygens (including phenoxy) is 1. The van der Waals surface area contributed by atoms with Crippen molar-refractivity contribution >= 4 is 9.84 Å². The van der Waals surface area contributed by atoms with Gasteiger partial charge in [-0.1, -0.05) is 0 Å². The molecule has 1 fully saturated rings. The average molecular weight is 192 g/mol. The van der Waals surface area contributed by atoms with Crippen LogP contribution in [-0.4, -0.2) is 32.1 Å². The van der Waals surface area contributed by atoms with E-state index in [-0.39, 0.29) is 6.10 Å².